The summed E-state index contributed by atoms with van der Waals surface area (Å²) in [6.07, 6.45) is 0. The number of methoxy groups -OCH3 is 1. The quantitative estimate of drug-likeness (QED) is 0.805. The number of nitrogens with zero attached hydrogens (tertiary/aromatic N) is 1. The lowest BCUT2D eigenvalue weighted by molar-refractivity contribution is 0.0939. The Labute approximate surface area is 147 Å². The summed E-state index contributed by atoms with van der Waals surface area (Å²) < 4.78 is 5.27. The zero-order chi connectivity index (χ0) is 18.4. The van der Waals surface area contributed by atoms with Crippen molar-refractivity contribution in [3.8, 4) is 5.75 Å². The van der Waals surface area contributed by atoms with Crippen molar-refractivity contribution in [2.75, 3.05) is 27.7 Å². The van der Waals surface area contributed by atoms with Gasteiger partial charge >= 0.3 is 0 Å². The Morgan fingerprint density at radius 2 is 1.76 bits per heavy atom. The van der Waals surface area contributed by atoms with Gasteiger partial charge in [0.05, 0.1) is 13.2 Å². The van der Waals surface area contributed by atoms with Crippen LogP contribution in [0.3, 0.4) is 0 Å². The maximum atomic E-state index is 12.3. The van der Waals surface area contributed by atoms with Crippen molar-refractivity contribution in [2.45, 2.75) is 6.04 Å². The van der Waals surface area contributed by atoms with Crippen LogP contribution >= 0.6 is 0 Å². The second-order valence-corrected chi connectivity index (χ2v) is 5.91. The number of benzene rings is 2. The highest BCUT2D eigenvalue weighted by Crippen LogP contribution is 2.22. The minimum atomic E-state index is -0.516. The number of hydrogen-bond donors (Lipinski definition) is 2. The monoisotopic (exact) mass is 341 g/mol. The van der Waals surface area contributed by atoms with E-state index in [4.69, 9.17) is 10.5 Å². The van der Waals surface area contributed by atoms with E-state index in [0.29, 0.717) is 17.7 Å². The highest BCUT2D eigenvalue weighted by atomic mass is 16.5. The minimum absolute atomic E-state index is 0.00365. The highest BCUT2D eigenvalue weighted by Gasteiger charge is 2.16. The molecule has 0 radical (unpaired) electrons. The van der Waals surface area contributed by atoms with Gasteiger partial charge in [-0.3, -0.25) is 9.59 Å². The minimum Gasteiger partial charge on any atom is -0.497 e. The highest BCUT2D eigenvalue weighted by molar-refractivity contribution is 5.97. The van der Waals surface area contributed by atoms with Crippen molar-refractivity contribution in [3.05, 3.63) is 65.2 Å². The van der Waals surface area contributed by atoms with Crippen LogP contribution in [0.5, 0.6) is 5.75 Å². The van der Waals surface area contributed by atoms with E-state index in [9.17, 15) is 9.59 Å². The first-order valence-electron chi connectivity index (χ1n) is 7.91. The maximum Gasteiger partial charge on any atom is 0.251 e. The summed E-state index contributed by atoms with van der Waals surface area (Å²) in [7, 11) is 5.54. The fraction of sp³-hybridized carbons (Fsp3) is 0.263. The van der Waals surface area contributed by atoms with E-state index in [-0.39, 0.29) is 11.9 Å². The van der Waals surface area contributed by atoms with Crippen LogP contribution in [0.15, 0.2) is 48.5 Å². The first kappa shape index (κ1) is 18.5. The van der Waals surface area contributed by atoms with Crippen molar-refractivity contribution in [1.29, 1.82) is 0 Å². The van der Waals surface area contributed by atoms with Crippen molar-refractivity contribution in [3.63, 3.8) is 0 Å². The van der Waals surface area contributed by atoms with Gasteiger partial charge in [0.25, 0.3) is 5.91 Å². The molecule has 2 amide bonds. The molecule has 0 bridgehead atoms. The van der Waals surface area contributed by atoms with Crippen LogP contribution in [-0.2, 0) is 0 Å². The average molecular weight is 341 g/mol. The Bertz CT molecular complexity index is 742. The fourth-order valence-electron chi connectivity index (χ4n) is 2.52. The van der Waals surface area contributed by atoms with Gasteiger partial charge in [-0.25, -0.2) is 0 Å². The van der Waals surface area contributed by atoms with E-state index in [0.717, 1.165) is 11.3 Å². The predicted octanol–water partition coefficient (Wildman–Crippen LogP) is 1.83. The SMILES string of the molecule is COc1cccc(C(CNC(=O)c2ccc(C(N)=O)cc2)N(C)C)c1. The number of likely N-dealkylation sites (N-methyl/N-ethyl adjacent to an activating group) is 1. The van der Waals surface area contributed by atoms with Gasteiger partial charge in [-0.15, -0.1) is 0 Å². The number of amides is 2. The molecule has 2 aromatic rings. The van der Waals surface area contributed by atoms with Gasteiger partial charge in [-0.2, -0.15) is 0 Å². The molecule has 6 nitrogen and oxygen atoms in total. The van der Waals surface area contributed by atoms with Crippen LogP contribution < -0.4 is 15.8 Å². The molecule has 0 saturated carbocycles. The van der Waals surface area contributed by atoms with Gasteiger partial charge in [0, 0.05) is 17.7 Å². The van der Waals surface area contributed by atoms with E-state index >= 15 is 0 Å². The number of ether oxygens (including phenoxy) is 1. The van der Waals surface area contributed by atoms with E-state index in [1.165, 1.54) is 0 Å². The lowest BCUT2D eigenvalue weighted by Crippen LogP contribution is -2.34. The number of nitrogens with two attached hydrogens (primary N) is 1. The van der Waals surface area contributed by atoms with Crippen molar-refractivity contribution in [2.24, 2.45) is 5.73 Å². The molecule has 0 saturated heterocycles. The molecule has 6 heteroatoms. The fourth-order valence-corrected chi connectivity index (χ4v) is 2.52. The van der Waals surface area contributed by atoms with Crippen LogP contribution in [0.4, 0.5) is 0 Å². The van der Waals surface area contributed by atoms with Crippen LogP contribution in [0.25, 0.3) is 0 Å². The number of carbonyl (C=O) groups is 2. The summed E-state index contributed by atoms with van der Waals surface area (Å²) in [5.74, 6) is 0.0566. The molecule has 2 aromatic carbocycles. The number of nitrogens with one attached hydrogen (secondary N) is 1. The third kappa shape index (κ3) is 4.81. The van der Waals surface area contributed by atoms with Crippen molar-refractivity contribution >= 4 is 11.8 Å². The van der Waals surface area contributed by atoms with Gasteiger partial charge in [0.1, 0.15) is 5.75 Å². The smallest absolute Gasteiger partial charge is 0.251 e. The second-order valence-electron chi connectivity index (χ2n) is 5.91. The number of rotatable bonds is 7. The Balaban J connectivity index is 2.07. The second kappa shape index (κ2) is 8.30. The van der Waals surface area contributed by atoms with Gasteiger partial charge < -0.3 is 20.7 Å². The van der Waals surface area contributed by atoms with E-state index in [1.54, 1.807) is 31.4 Å². The van der Waals surface area contributed by atoms with E-state index < -0.39 is 5.91 Å². The third-order valence-electron chi connectivity index (χ3n) is 3.99. The normalized spacial score (nSPS) is 11.8. The Morgan fingerprint density at radius 3 is 2.32 bits per heavy atom. The van der Waals surface area contributed by atoms with Crippen LogP contribution in [0.2, 0.25) is 0 Å². The molecule has 0 heterocycles. The molecule has 0 spiro atoms. The number of primary amides is 1. The molecular formula is C19H23N3O3. The van der Waals surface area contributed by atoms with E-state index in [1.807, 2.05) is 43.3 Å². The molecule has 25 heavy (non-hydrogen) atoms. The lowest BCUT2D eigenvalue weighted by Gasteiger charge is -2.25. The van der Waals surface area contributed by atoms with Gasteiger partial charge in [-0.1, -0.05) is 12.1 Å². The molecule has 0 aliphatic rings. The number of carbonyl (C=O) groups excluding carboxylic acids is 2. The molecule has 0 aliphatic heterocycles. The summed E-state index contributed by atoms with van der Waals surface area (Å²) in [4.78, 5) is 25.5. The lowest BCUT2D eigenvalue weighted by atomic mass is 10.1. The molecule has 0 aromatic heterocycles. The van der Waals surface area contributed by atoms with E-state index in [2.05, 4.69) is 5.32 Å². The topological polar surface area (TPSA) is 84.7 Å². The molecule has 3 N–H and O–H groups in total. The largest absolute Gasteiger partial charge is 0.497 e. The third-order valence-corrected chi connectivity index (χ3v) is 3.99. The summed E-state index contributed by atoms with van der Waals surface area (Å²) in [5, 5.41) is 2.93. The van der Waals surface area contributed by atoms with Gasteiger partial charge in [0.15, 0.2) is 0 Å². The van der Waals surface area contributed by atoms with Crippen LogP contribution in [0.1, 0.15) is 32.3 Å². The molecule has 1 atom stereocenters. The molecule has 0 fully saturated rings. The van der Waals surface area contributed by atoms with Gasteiger partial charge in [0.2, 0.25) is 5.91 Å². The maximum absolute atomic E-state index is 12.3. The average Bonchev–Trinajstić information content (AvgIpc) is 2.61. The Morgan fingerprint density at radius 1 is 1.12 bits per heavy atom. The molecule has 2 rings (SSSR count). The first-order chi connectivity index (χ1) is 11.9. The Hall–Kier alpha value is -2.86. The first-order valence-corrected chi connectivity index (χ1v) is 7.91. The summed E-state index contributed by atoms with van der Waals surface area (Å²) in [5.41, 5.74) is 7.11. The van der Waals surface area contributed by atoms with Crippen molar-refractivity contribution < 1.29 is 14.3 Å². The molecule has 1 unspecified atom stereocenters. The van der Waals surface area contributed by atoms with Crippen LogP contribution in [-0.4, -0.2) is 44.5 Å². The summed E-state index contributed by atoms with van der Waals surface area (Å²) >= 11 is 0. The van der Waals surface area contributed by atoms with Crippen LogP contribution in [0, 0.1) is 0 Å². The zero-order valence-corrected chi connectivity index (χ0v) is 14.7. The molecule has 0 aliphatic carbocycles. The Kier molecular flexibility index (Phi) is 6.14. The number of hydrogen-bond acceptors (Lipinski definition) is 4. The predicted molar refractivity (Wildman–Crippen MR) is 96.7 cm³/mol. The zero-order valence-electron chi connectivity index (χ0n) is 14.7. The van der Waals surface area contributed by atoms with Gasteiger partial charge in [-0.05, 0) is 56.1 Å². The van der Waals surface area contributed by atoms with Crippen molar-refractivity contribution in [1.82, 2.24) is 10.2 Å². The summed E-state index contributed by atoms with van der Waals surface area (Å²) in [6, 6.07) is 14.0. The summed E-state index contributed by atoms with van der Waals surface area (Å²) in [6.45, 7) is 0.441. The molecular weight excluding hydrogens is 318 g/mol. The standard InChI is InChI=1S/C19H23N3O3/c1-22(2)17(15-5-4-6-16(11-15)25-3)12-21-19(24)14-9-7-13(8-10-14)18(20)23/h4-11,17H,12H2,1-3H3,(H2,20,23)(H,21,24). The molecule has 132 valence electrons.